The van der Waals surface area contributed by atoms with Crippen LogP contribution in [0.4, 0.5) is 0 Å². The Morgan fingerprint density at radius 3 is 2.76 bits per heavy atom. The van der Waals surface area contributed by atoms with E-state index in [0.717, 1.165) is 44.4 Å². The van der Waals surface area contributed by atoms with Gasteiger partial charge < -0.3 is 19.5 Å². The van der Waals surface area contributed by atoms with Gasteiger partial charge in [-0.2, -0.15) is 0 Å². The highest BCUT2D eigenvalue weighted by atomic mass is 16.5. The fourth-order valence-corrected chi connectivity index (χ4v) is 2.51. The van der Waals surface area contributed by atoms with Crippen LogP contribution in [0.3, 0.4) is 0 Å². The first kappa shape index (κ1) is 14.8. The summed E-state index contributed by atoms with van der Waals surface area (Å²) in [6.07, 6.45) is 4.99. The van der Waals surface area contributed by atoms with E-state index >= 15 is 0 Å². The van der Waals surface area contributed by atoms with E-state index in [1.807, 2.05) is 6.07 Å². The molecule has 0 bridgehead atoms. The zero-order chi connectivity index (χ0) is 14.3. The Labute approximate surface area is 126 Å². The minimum Gasteiger partial charge on any atom is -0.491 e. The molecule has 2 aliphatic rings. The quantitative estimate of drug-likeness (QED) is 0.747. The average molecular weight is 291 g/mol. The fourth-order valence-electron chi connectivity index (χ4n) is 2.51. The largest absolute Gasteiger partial charge is 0.491 e. The standard InChI is InChI=1S/C17H25NO3/c1-2-14(13-18-15-4-5-15)12-17(3-1)21-11-10-20-16-6-8-19-9-7-16/h1-3,12,15-16,18H,4-11,13H2. The molecule has 1 heterocycles. The Kier molecular flexibility index (Phi) is 5.49. The Morgan fingerprint density at radius 2 is 1.95 bits per heavy atom. The van der Waals surface area contributed by atoms with Crippen molar-refractivity contribution in [3.05, 3.63) is 29.8 Å². The van der Waals surface area contributed by atoms with Gasteiger partial charge in [-0.15, -0.1) is 0 Å². The zero-order valence-electron chi connectivity index (χ0n) is 12.6. The van der Waals surface area contributed by atoms with Gasteiger partial charge in [0.05, 0.1) is 12.7 Å². The molecule has 0 aromatic heterocycles. The summed E-state index contributed by atoms with van der Waals surface area (Å²) >= 11 is 0. The molecular weight excluding hydrogens is 266 g/mol. The van der Waals surface area contributed by atoms with Crippen molar-refractivity contribution in [3.63, 3.8) is 0 Å². The Bertz CT molecular complexity index is 428. The first-order valence-electron chi connectivity index (χ1n) is 8.04. The van der Waals surface area contributed by atoms with Crippen molar-refractivity contribution in [2.45, 2.75) is 44.4 Å². The van der Waals surface area contributed by atoms with Crippen LogP contribution in [0.5, 0.6) is 5.75 Å². The molecule has 0 spiro atoms. The predicted molar refractivity (Wildman–Crippen MR) is 81.6 cm³/mol. The molecule has 0 unspecified atom stereocenters. The predicted octanol–water partition coefficient (Wildman–Crippen LogP) is 2.51. The molecule has 21 heavy (non-hydrogen) atoms. The van der Waals surface area contributed by atoms with Crippen molar-refractivity contribution >= 4 is 0 Å². The van der Waals surface area contributed by atoms with Gasteiger partial charge in [0.25, 0.3) is 0 Å². The number of hydrogen-bond acceptors (Lipinski definition) is 4. The van der Waals surface area contributed by atoms with Gasteiger partial charge in [0, 0.05) is 25.8 Å². The van der Waals surface area contributed by atoms with Gasteiger partial charge >= 0.3 is 0 Å². The van der Waals surface area contributed by atoms with Crippen molar-refractivity contribution in [2.75, 3.05) is 26.4 Å². The maximum absolute atomic E-state index is 5.80. The van der Waals surface area contributed by atoms with Crippen LogP contribution < -0.4 is 10.1 Å². The second kappa shape index (κ2) is 7.78. The SMILES string of the molecule is c1cc(CNC2CC2)cc(OCCOC2CCOCC2)c1. The maximum atomic E-state index is 5.80. The third kappa shape index (κ3) is 5.30. The Hall–Kier alpha value is -1.10. The monoisotopic (exact) mass is 291 g/mol. The third-order valence-corrected chi connectivity index (χ3v) is 3.94. The van der Waals surface area contributed by atoms with Gasteiger partial charge in [-0.05, 0) is 43.4 Å². The first-order chi connectivity index (χ1) is 10.4. The summed E-state index contributed by atoms with van der Waals surface area (Å²) in [5, 5.41) is 3.52. The molecule has 116 valence electrons. The highest BCUT2D eigenvalue weighted by Gasteiger charge is 2.19. The van der Waals surface area contributed by atoms with Gasteiger partial charge in [0.15, 0.2) is 0 Å². The van der Waals surface area contributed by atoms with E-state index in [9.17, 15) is 0 Å². The molecule has 0 amide bonds. The highest BCUT2D eigenvalue weighted by molar-refractivity contribution is 5.28. The minimum atomic E-state index is 0.344. The molecule has 1 saturated carbocycles. The lowest BCUT2D eigenvalue weighted by molar-refractivity contribution is -0.0388. The molecule has 1 N–H and O–H groups in total. The van der Waals surface area contributed by atoms with Crippen LogP contribution in [-0.2, 0) is 16.0 Å². The first-order valence-corrected chi connectivity index (χ1v) is 8.04. The summed E-state index contributed by atoms with van der Waals surface area (Å²) in [5.74, 6) is 0.931. The van der Waals surface area contributed by atoms with Gasteiger partial charge in [0.2, 0.25) is 0 Å². The summed E-state index contributed by atoms with van der Waals surface area (Å²) in [5.41, 5.74) is 1.28. The Balaban J connectivity index is 1.34. The summed E-state index contributed by atoms with van der Waals surface area (Å²) in [4.78, 5) is 0. The number of benzene rings is 1. The number of hydrogen-bond donors (Lipinski definition) is 1. The van der Waals surface area contributed by atoms with E-state index < -0.39 is 0 Å². The molecule has 1 aromatic rings. The van der Waals surface area contributed by atoms with Crippen molar-refractivity contribution < 1.29 is 14.2 Å². The molecular formula is C17H25NO3. The second-order valence-electron chi connectivity index (χ2n) is 5.83. The van der Waals surface area contributed by atoms with Crippen LogP contribution in [0.15, 0.2) is 24.3 Å². The topological polar surface area (TPSA) is 39.7 Å². The van der Waals surface area contributed by atoms with Crippen LogP contribution in [0, 0.1) is 0 Å². The van der Waals surface area contributed by atoms with E-state index in [0.29, 0.717) is 19.3 Å². The van der Waals surface area contributed by atoms with Gasteiger partial charge in [-0.25, -0.2) is 0 Å². The molecule has 1 aromatic carbocycles. The van der Waals surface area contributed by atoms with E-state index in [-0.39, 0.29) is 0 Å². The summed E-state index contributed by atoms with van der Waals surface area (Å²) in [7, 11) is 0. The zero-order valence-corrected chi connectivity index (χ0v) is 12.6. The molecule has 0 atom stereocenters. The van der Waals surface area contributed by atoms with Crippen molar-refractivity contribution in [3.8, 4) is 5.75 Å². The summed E-state index contributed by atoms with van der Waals surface area (Å²) in [6, 6.07) is 9.06. The van der Waals surface area contributed by atoms with E-state index in [1.165, 1.54) is 18.4 Å². The smallest absolute Gasteiger partial charge is 0.119 e. The van der Waals surface area contributed by atoms with Crippen LogP contribution in [0.2, 0.25) is 0 Å². The van der Waals surface area contributed by atoms with Crippen LogP contribution >= 0.6 is 0 Å². The van der Waals surface area contributed by atoms with Crippen LogP contribution in [0.1, 0.15) is 31.2 Å². The molecule has 4 nitrogen and oxygen atoms in total. The second-order valence-corrected chi connectivity index (χ2v) is 5.83. The van der Waals surface area contributed by atoms with Crippen LogP contribution in [-0.4, -0.2) is 38.6 Å². The number of rotatable bonds is 8. The highest BCUT2D eigenvalue weighted by Crippen LogP contribution is 2.20. The van der Waals surface area contributed by atoms with Gasteiger partial charge in [-0.3, -0.25) is 0 Å². The van der Waals surface area contributed by atoms with E-state index in [2.05, 4.69) is 23.5 Å². The molecule has 4 heteroatoms. The van der Waals surface area contributed by atoms with E-state index in [1.54, 1.807) is 0 Å². The van der Waals surface area contributed by atoms with Crippen molar-refractivity contribution in [2.24, 2.45) is 0 Å². The number of ether oxygens (including phenoxy) is 3. The van der Waals surface area contributed by atoms with Gasteiger partial charge in [-0.1, -0.05) is 12.1 Å². The van der Waals surface area contributed by atoms with Crippen molar-refractivity contribution in [1.29, 1.82) is 0 Å². The van der Waals surface area contributed by atoms with Crippen molar-refractivity contribution in [1.82, 2.24) is 5.32 Å². The average Bonchev–Trinajstić information content (AvgIpc) is 3.35. The molecule has 2 fully saturated rings. The third-order valence-electron chi connectivity index (χ3n) is 3.94. The molecule has 1 aliphatic heterocycles. The molecule has 0 radical (unpaired) electrons. The van der Waals surface area contributed by atoms with E-state index in [4.69, 9.17) is 14.2 Å². The van der Waals surface area contributed by atoms with Gasteiger partial charge in [0.1, 0.15) is 12.4 Å². The summed E-state index contributed by atoms with van der Waals surface area (Å²) < 4.78 is 16.9. The molecule has 1 saturated heterocycles. The lowest BCUT2D eigenvalue weighted by atomic mass is 10.2. The molecule has 1 aliphatic carbocycles. The van der Waals surface area contributed by atoms with Crippen LogP contribution in [0.25, 0.3) is 0 Å². The minimum absolute atomic E-state index is 0.344. The number of nitrogens with one attached hydrogen (secondary N) is 1. The normalized spacial score (nSPS) is 19.6. The lowest BCUT2D eigenvalue weighted by Gasteiger charge is -2.22. The lowest BCUT2D eigenvalue weighted by Crippen LogP contribution is -2.25. The summed E-state index contributed by atoms with van der Waals surface area (Å²) in [6.45, 7) is 3.83. The Morgan fingerprint density at radius 1 is 1.10 bits per heavy atom. The molecule has 3 rings (SSSR count). The fraction of sp³-hybridized carbons (Fsp3) is 0.647. The maximum Gasteiger partial charge on any atom is 0.119 e.